The Labute approximate surface area is 107 Å². The van der Waals surface area contributed by atoms with E-state index < -0.39 is 5.41 Å². The molecule has 2 N–H and O–H groups in total. The summed E-state index contributed by atoms with van der Waals surface area (Å²) in [6.45, 7) is 1.85. The Morgan fingerprint density at radius 2 is 2.12 bits per heavy atom. The van der Waals surface area contributed by atoms with Crippen molar-refractivity contribution < 1.29 is 9.18 Å². The molecule has 94 valence electrons. The number of carbonyl (C=O) groups is 1. The molecular formula is C13H17ClFNO. The fraction of sp³-hybridized carbons (Fsp3) is 0.462. The van der Waals surface area contributed by atoms with Gasteiger partial charge in [0, 0.05) is 17.9 Å². The van der Waals surface area contributed by atoms with Crippen molar-refractivity contribution in [3.63, 3.8) is 0 Å². The van der Waals surface area contributed by atoms with E-state index in [1.807, 2.05) is 6.92 Å². The number of Topliss-reactive ketones (excluding diaryl/α,β-unsaturated/α-hetero) is 1. The fourth-order valence-electron chi connectivity index (χ4n) is 2.36. The second-order valence-electron chi connectivity index (χ2n) is 4.75. The standard InChI is InChI=1S/C13H16FNO.ClH/c1-13(11(15)6-7-12(13)16)8-9-4-2-3-5-10(9)14;/h2-5,11H,6-8,15H2,1H3;1H/t11-,13-;/m1./s1. The Bertz CT molecular complexity index is 424. The summed E-state index contributed by atoms with van der Waals surface area (Å²) in [5.74, 6) is -0.0983. The first-order valence-electron chi connectivity index (χ1n) is 5.56. The van der Waals surface area contributed by atoms with E-state index in [2.05, 4.69) is 0 Å². The highest BCUT2D eigenvalue weighted by Crippen LogP contribution is 2.37. The SMILES string of the molecule is C[C@]1(Cc2ccccc2F)C(=O)CC[C@H]1N.Cl. The highest BCUT2D eigenvalue weighted by atomic mass is 35.5. The molecular weight excluding hydrogens is 241 g/mol. The van der Waals surface area contributed by atoms with E-state index in [1.165, 1.54) is 6.07 Å². The van der Waals surface area contributed by atoms with E-state index in [9.17, 15) is 9.18 Å². The van der Waals surface area contributed by atoms with Crippen molar-refractivity contribution >= 4 is 18.2 Å². The average molecular weight is 258 g/mol. The summed E-state index contributed by atoms with van der Waals surface area (Å²) >= 11 is 0. The Kier molecular flexibility index (Phi) is 4.28. The van der Waals surface area contributed by atoms with Crippen LogP contribution in [-0.4, -0.2) is 11.8 Å². The van der Waals surface area contributed by atoms with Crippen LogP contribution in [0.2, 0.25) is 0 Å². The molecule has 0 aromatic heterocycles. The Morgan fingerprint density at radius 3 is 2.65 bits per heavy atom. The highest BCUT2D eigenvalue weighted by Gasteiger charge is 2.44. The molecule has 2 nitrogen and oxygen atoms in total. The van der Waals surface area contributed by atoms with Crippen molar-refractivity contribution in [2.45, 2.75) is 32.2 Å². The number of nitrogens with two attached hydrogens (primary N) is 1. The van der Waals surface area contributed by atoms with Gasteiger partial charge in [-0.2, -0.15) is 0 Å². The summed E-state index contributed by atoms with van der Waals surface area (Å²) in [5, 5.41) is 0. The topological polar surface area (TPSA) is 43.1 Å². The summed E-state index contributed by atoms with van der Waals surface area (Å²) in [6.07, 6.45) is 1.63. The van der Waals surface area contributed by atoms with Crippen LogP contribution in [0.3, 0.4) is 0 Å². The Balaban J connectivity index is 0.00000144. The molecule has 0 aliphatic heterocycles. The van der Waals surface area contributed by atoms with Crippen LogP contribution in [0.4, 0.5) is 4.39 Å². The van der Waals surface area contributed by atoms with Crippen molar-refractivity contribution in [3.05, 3.63) is 35.6 Å². The van der Waals surface area contributed by atoms with Crippen LogP contribution in [-0.2, 0) is 11.2 Å². The molecule has 4 heteroatoms. The zero-order valence-corrected chi connectivity index (χ0v) is 10.6. The molecule has 1 fully saturated rings. The van der Waals surface area contributed by atoms with Gasteiger partial charge in [-0.05, 0) is 24.5 Å². The van der Waals surface area contributed by atoms with Crippen LogP contribution in [0.1, 0.15) is 25.3 Å². The molecule has 1 aliphatic carbocycles. The minimum atomic E-state index is -0.595. The summed E-state index contributed by atoms with van der Waals surface area (Å²) in [6, 6.07) is 6.42. The predicted molar refractivity (Wildman–Crippen MR) is 67.7 cm³/mol. The van der Waals surface area contributed by atoms with Gasteiger partial charge >= 0.3 is 0 Å². The monoisotopic (exact) mass is 257 g/mol. The van der Waals surface area contributed by atoms with E-state index in [1.54, 1.807) is 18.2 Å². The van der Waals surface area contributed by atoms with Gasteiger partial charge in [0.25, 0.3) is 0 Å². The van der Waals surface area contributed by atoms with E-state index in [0.717, 1.165) is 0 Å². The van der Waals surface area contributed by atoms with Crippen LogP contribution < -0.4 is 5.73 Å². The Morgan fingerprint density at radius 1 is 1.47 bits per heavy atom. The van der Waals surface area contributed by atoms with Crippen molar-refractivity contribution in [1.29, 1.82) is 0 Å². The number of hydrogen-bond acceptors (Lipinski definition) is 2. The molecule has 0 bridgehead atoms. The minimum Gasteiger partial charge on any atom is -0.327 e. The fourth-order valence-corrected chi connectivity index (χ4v) is 2.36. The van der Waals surface area contributed by atoms with Gasteiger partial charge in [0.1, 0.15) is 11.6 Å². The number of halogens is 2. The normalized spacial score (nSPS) is 27.9. The molecule has 17 heavy (non-hydrogen) atoms. The second kappa shape index (κ2) is 5.15. The van der Waals surface area contributed by atoms with Crippen molar-refractivity contribution in [2.24, 2.45) is 11.1 Å². The third-order valence-electron chi connectivity index (χ3n) is 3.65. The molecule has 2 atom stereocenters. The molecule has 0 radical (unpaired) electrons. The van der Waals surface area contributed by atoms with Gasteiger partial charge < -0.3 is 5.73 Å². The number of carbonyl (C=O) groups excluding carboxylic acids is 1. The maximum absolute atomic E-state index is 13.5. The number of benzene rings is 1. The first-order chi connectivity index (χ1) is 7.54. The lowest BCUT2D eigenvalue weighted by Gasteiger charge is -2.27. The van der Waals surface area contributed by atoms with Crippen molar-refractivity contribution in [3.8, 4) is 0 Å². The van der Waals surface area contributed by atoms with Gasteiger partial charge in [-0.3, -0.25) is 4.79 Å². The van der Waals surface area contributed by atoms with Crippen LogP contribution in [0, 0.1) is 11.2 Å². The number of rotatable bonds is 2. The van der Waals surface area contributed by atoms with Crippen LogP contribution >= 0.6 is 12.4 Å². The largest absolute Gasteiger partial charge is 0.327 e. The van der Waals surface area contributed by atoms with Crippen molar-refractivity contribution in [2.75, 3.05) is 0 Å². The molecule has 0 amide bonds. The molecule has 0 saturated heterocycles. The van der Waals surface area contributed by atoms with Gasteiger partial charge in [0.2, 0.25) is 0 Å². The zero-order valence-electron chi connectivity index (χ0n) is 9.78. The third kappa shape index (κ3) is 2.50. The van der Waals surface area contributed by atoms with Gasteiger partial charge in [-0.1, -0.05) is 25.1 Å². The lowest BCUT2D eigenvalue weighted by Crippen LogP contribution is -2.40. The lowest BCUT2D eigenvalue weighted by atomic mass is 9.78. The molecule has 0 spiro atoms. The van der Waals surface area contributed by atoms with Crippen molar-refractivity contribution in [1.82, 2.24) is 0 Å². The summed E-state index contributed by atoms with van der Waals surface area (Å²) < 4.78 is 13.5. The molecule has 2 rings (SSSR count). The van der Waals surface area contributed by atoms with Gasteiger partial charge in [0.05, 0.1) is 0 Å². The molecule has 0 heterocycles. The van der Waals surface area contributed by atoms with E-state index >= 15 is 0 Å². The van der Waals surface area contributed by atoms with Gasteiger partial charge in [-0.15, -0.1) is 12.4 Å². The lowest BCUT2D eigenvalue weighted by molar-refractivity contribution is -0.125. The number of hydrogen-bond donors (Lipinski definition) is 1. The van der Waals surface area contributed by atoms with E-state index in [-0.39, 0.29) is 30.0 Å². The Hall–Kier alpha value is -0.930. The predicted octanol–water partition coefficient (Wildman–Crippen LogP) is 2.49. The second-order valence-corrected chi connectivity index (χ2v) is 4.75. The van der Waals surface area contributed by atoms with Crippen LogP contribution in [0.5, 0.6) is 0 Å². The summed E-state index contributed by atoms with van der Waals surface area (Å²) in [5.41, 5.74) is 5.94. The number of ketones is 1. The van der Waals surface area contributed by atoms with Gasteiger partial charge in [-0.25, -0.2) is 4.39 Å². The molecule has 0 unspecified atom stereocenters. The maximum Gasteiger partial charge on any atom is 0.140 e. The first kappa shape index (κ1) is 14.1. The molecule has 1 aromatic rings. The first-order valence-corrected chi connectivity index (χ1v) is 5.56. The quantitative estimate of drug-likeness (QED) is 0.885. The smallest absolute Gasteiger partial charge is 0.140 e. The third-order valence-corrected chi connectivity index (χ3v) is 3.65. The van der Waals surface area contributed by atoms with E-state index in [0.29, 0.717) is 24.8 Å². The molecule has 1 saturated carbocycles. The maximum atomic E-state index is 13.5. The van der Waals surface area contributed by atoms with Crippen LogP contribution in [0.25, 0.3) is 0 Å². The average Bonchev–Trinajstić information content (AvgIpc) is 2.50. The molecule has 1 aromatic carbocycles. The van der Waals surface area contributed by atoms with Crippen LogP contribution in [0.15, 0.2) is 24.3 Å². The summed E-state index contributed by atoms with van der Waals surface area (Å²) in [4.78, 5) is 11.8. The highest BCUT2D eigenvalue weighted by molar-refractivity contribution is 5.87. The zero-order chi connectivity index (χ0) is 11.8. The molecule has 1 aliphatic rings. The summed E-state index contributed by atoms with van der Waals surface area (Å²) in [7, 11) is 0. The minimum absolute atomic E-state index is 0. The van der Waals surface area contributed by atoms with Gasteiger partial charge in [0.15, 0.2) is 0 Å². The van der Waals surface area contributed by atoms with E-state index in [4.69, 9.17) is 5.73 Å².